The van der Waals surface area contributed by atoms with Gasteiger partial charge >= 0.3 is 0 Å². The average molecular weight is 446 g/mol. The second kappa shape index (κ2) is 7.13. The minimum Gasteiger partial charge on any atom is -0.457 e. The van der Waals surface area contributed by atoms with Gasteiger partial charge in [0.05, 0.1) is 16.0 Å². The predicted molar refractivity (Wildman–Crippen MR) is 125 cm³/mol. The third-order valence-electron chi connectivity index (χ3n) is 5.88. The molecule has 0 saturated heterocycles. The van der Waals surface area contributed by atoms with Gasteiger partial charge in [0.15, 0.2) is 4.96 Å². The number of furan rings is 1. The van der Waals surface area contributed by atoms with Gasteiger partial charge < -0.3 is 4.42 Å². The molecule has 0 bridgehead atoms. The number of fused-ring (bicyclic) bond motifs is 3. The number of imidazole rings is 1. The van der Waals surface area contributed by atoms with E-state index in [4.69, 9.17) is 4.42 Å². The van der Waals surface area contributed by atoms with Gasteiger partial charge in [-0.15, -0.1) is 0 Å². The standard InChI is InChI=1S/C24H19N3O4S/c1-12-8-18-20(9-13(12)2)26-23(28)22(32-24(26)25-18)11-17-5-6-21(31-17)16-7-14(3)15(4)19(10-16)27(29)30/h5-11H,1-4H3/b22-11-. The molecule has 0 radical (unpaired) electrons. The van der Waals surface area contributed by atoms with Crippen molar-refractivity contribution in [1.29, 1.82) is 0 Å². The number of benzene rings is 2. The first-order valence-corrected chi connectivity index (χ1v) is 10.8. The van der Waals surface area contributed by atoms with Crippen molar-refractivity contribution in [3.8, 4) is 11.3 Å². The Balaban J connectivity index is 1.60. The molecule has 32 heavy (non-hydrogen) atoms. The van der Waals surface area contributed by atoms with Crippen molar-refractivity contribution in [2.24, 2.45) is 0 Å². The maximum atomic E-state index is 13.1. The van der Waals surface area contributed by atoms with Gasteiger partial charge in [0.25, 0.3) is 11.2 Å². The maximum absolute atomic E-state index is 13.1. The van der Waals surface area contributed by atoms with Crippen molar-refractivity contribution in [2.45, 2.75) is 27.7 Å². The van der Waals surface area contributed by atoms with Crippen molar-refractivity contribution in [1.82, 2.24) is 9.38 Å². The Labute approximate surface area is 186 Å². The van der Waals surface area contributed by atoms with Crippen LogP contribution in [0.2, 0.25) is 0 Å². The van der Waals surface area contributed by atoms with Gasteiger partial charge in [-0.1, -0.05) is 11.3 Å². The van der Waals surface area contributed by atoms with Crippen LogP contribution in [0.4, 0.5) is 5.69 Å². The molecular weight excluding hydrogens is 426 g/mol. The normalized spacial score (nSPS) is 12.3. The highest BCUT2D eigenvalue weighted by Gasteiger charge is 2.17. The Kier molecular flexibility index (Phi) is 4.49. The molecule has 8 heteroatoms. The maximum Gasteiger partial charge on any atom is 0.275 e. The lowest BCUT2D eigenvalue weighted by Gasteiger charge is -2.04. The first-order valence-electron chi connectivity index (χ1n) is 10.0. The molecule has 0 atom stereocenters. The fourth-order valence-electron chi connectivity index (χ4n) is 3.81. The second-order valence-electron chi connectivity index (χ2n) is 7.97. The average Bonchev–Trinajstić information content (AvgIpc) is 3.41. The van der Waals surface area contributed by atoms with E-state index in [0.717, 1.165) is 27.7 Å². The Hall–Kier alpha value is -3.78. The Morgan fingerprint density at radius 1 is 1.06 bits per heavy atom. The quantitative estimate of drug-likeness (QED) is 0.292. The molecule has 2 aromatic carbocycles. The number of hydrogen-bond acceptors (Lipinski definition) is 6. The van der Waals surface area contributed by atoms with Gasteiger partial charge in [0.1, 0.15) is 16.1 Å². The molecule has 160 valence electrons. The van der Waals surface area contributed by atoms with Crippen LogP contribution < -0.4 is 10.1 Å². The summed E-state index contributed by atoms with van der Waals surface area (Å²) < 4.78 is 8.06. The number of nitro benzene ring substituents is 1. The molecule has 3 aromatic heterocycles. The fraction of sp³-hybridized carbons (Fsp3) is 0.167. The van der Waals surface area contributed by atoms with Crippen LogP contribution in [0.3, 0.4) is 0 Å². The number of aryl methyl sites for hydroxylation is 3. The predicted octanol–water partition coefficient (Wildman–Crippen LogP) is 4.86. The summed E-state index contributed by atoms with van der Waals surface area (Å²) in [5.41, 5.74) is 5.83. The highest BCUT2D eigenvalue weighted by molar-refractivity contribution is 7.15. The van der Waals surface area contributed by atoms with Crippen molar-refractivity contribution < 1.29 is 9.34 Å². The summed E-state index contributed by atoms with van der Waals surface area (Å²) in [7, 11) is 0. The highest BCUT2D eigenvalue weighted by atomic mass is 32.1. The third kappa shape index (κ3) is 3.11. The van der Waals surface area contributed by atoms with E-state index in [9.17, 15) is 14.9 Å². The molecule has 0 saturated carbocycles. The fourth-order valence-corrected chi connectivity index (χ4v) is 4.77. The van der Waals surface area contributed by atoms with Crippen LogP contribution in [0.1, 0.15) is 28.0 Å². The van der Waals surface area contributed by atoms with E-state index in [2.05, 4.69) is 4.98 Å². The number of hydrogen-bond donors (Lipinski definition) is 0. The monoisotopic (exact) mass is 445 g/mol. The van der Waals surface area contributed by atoms with Crippen LogP contribution in [-0.4, -0.2) is 14.3 Å². The number of thiazole rings is 1. The third-order valence-corrected chi connectivity index (χ3v) is 6.84. The van der Waals surface area contributed by atoms with E-state index in [0.29, 0.717) is 32.1 Å². The number of nitro groups is 1. The second-order valence-corrected chi connectivity index (χ2v) is 8.98. The SMILES string of the molecule is Cc1cc2nc3s/c(=C\c4ccc(-c5cc(C)c(C)c([N+](=O)[O-])c5)o4)c(=O)n3c2cc1C. The Morgan fingerprint density at radius 2 is 1.81 bits per heavy atom. The summed E-state index contributed by atoms with van der Waals surface area (Å²) in [5, 5.41) is 11.4. The molecule has 7 nitrogen and oxygen atoms in total. The van der Waals surface area contributed by atoms with Crippen molar-refractivity contribution in [3.05, 3.63) is 89.4 Å². The summed E-state index contributed by atoms with van der Waals surface area (Å²) in [4.78, 5) is 29.3. The topological polar surface area (TPSA) is 90.7 Å². The number of aromatic nitrogens is 2. The zero-order chi connectivity index (χ0) is 22.7. The molecule has 5 rings (SSSR count). The van der Waals surface area contributed by atoms with Gasteiger partial charge in [-0.25, -0.2) is 9.38 Å². The number of rotatable bonds is 3. The molecule has 0 aliphatic rings. The van der Waals surface area contributed by atoms with E-state index in [1.165, 1.54) is 17.4 Å². The first-order chi connectivity index (χ1) is 15.2. The summed E-state index contributed by atoms with van der Waals surface area (Å²) in [6, 6.07) is 10.9. The smallest absolute Gasteiger partial charge is 0.275 e. The summed E-state index contributed by atoms with van der Waals surface area (Å²) >= 11 is 1.31. The molecule has 5 aromatic rings. The molecule has 0 spiro atoms. The van der Waals surface area contributed by atoms with Crippen LogP contribution in [0.5, 0.6) is 0 Å². The zero-order valence-corrected chi connectivity index (χ0v) is 18.7. The van der Waals surface area contributed by atoms with E-state index in [-0.39, 0.29) is 16.2 Å². The van der Waals surface area contributed by atoms with Gasteiger partial charge in [0.2, 0.25) is 0 Å². The van der Waals surface area contributed by atoms with Crippen LogP contribution in [0, 0.1) is 37.8 Å². The van der Waals surface area contributed by atoms with Crippen LogP contribution in [0.25, 0.3) is 33.4 Å². The molecule has 0 fully saturated rings. The largest absolute Gasteiger partial charge is 0.457 e. The molecule has 0 unspecified atom stereocenters. The lowest BCUT2D eigenvalue weighted by molar-refractivity contribution is -0.385. The summed E-state index contributed by atoms with van der Waals surface area (Å²) in [6.45, 7) is 7.60. The molecule has 0 N–H and O–H groups in total. The molecule has 0 amide bonds. The lowest BCUT2D eigenvalue weighted by atomic mass is 10.0. The van der Waals surface area contributed by atoms with E-state index in [1.807, 2.05) is 39.0 Å². The molecular formula is C24H19N3O4S. The summed E-state index contributed by atoms with van der Waals surface area (Å²) in [5.74, 6) is 1.01. The molecule has 3 heterocycles. The highest BCUT2D eigenvalue weighted by Crippen LogP contribution is 2.31. The zero-order valence-electron chi connectivity index (χ0n) is 17.9. The van der Waals surface area contributed by atoms with Crippen molar-refractivity contribution in [2.75, 3.05) is 0 Å². The Bertz CT molecular complexity index is 1670. The lowest BCUT2D eigenvalue weighted by Crippen LogP contribution is -2.22. The van der Waals surface area contributed by atoms with E-state index >= 15 is 0 Å². The van der Waals surface area contributed by atoms with E-state index in [1.54, 1.807) is 29.5 Å². The molecule has 0 aliphatic carbocycles. The van der Waals surface area contributed by atoms with E-state index < -0.39 is 0 Å². The van der Waals surface area contributed by atoms with Crippen LogP contribution >= 0.6 is 11.3 Å². The minimum absolute atomic E-state index is 0.0562. The minimum atomic E-state index is -0.388. The van der Waals surface area contributed by atoms with Gasteiger partial charge in [-0.3, -0.25) is 14.9 Å². The van der Waals surface area contributed by atoms with Crippen molar-refractivity contribution in [3.63, 3.8) is 0 Å². The van der Waals surface area contributed by atoms with Crippen LogP contribution in [0.15, 0.2) is 45.6 Å². The van der Waals surface area contributed by atoms with Crippen LogP contribution in [-0.2, 0) is 0 Å². The van der Waals surface area contributed by atoms with Gasteiger partial charge in [-0.05, 0) is 74.7 Å². The first kappa shape index (κ1) is 20.1. The van der Waals surface area contributed by atoms with Gasteiger partial charge in [-0.2, -0.15) is 0 Å². The molecule has 0 aliphatic heterocycles. The summed E-state index contributed by atoms with van der Waals surface area (Å²) in [6.07, 6.45) is 1.69. The van der Waals surface area contributed by atoms with Crippen molar-refractivity contribution >= 4 is 39.1 Å². The Morgan fingerprint density at radius 3 is 2.56 bits per heavy atom. The number of nitrogens with zero attached hydrogens (tertiary/aromatic N) is 3. The van der Waals surface area contributed by atoms with Gasteiger partial charge in [0, 0.05) is 23.3 Å².